The molecule has 1 unspecified atom stereocenters. The largest absolute Gasteiger partial charge is 0.493 e. The molecule has 212 valence electrons. The second-order valence-electron chi connectivity index (χ2n) is 10.6. The zero-order valence-corrected chi connectivity index (χ0v) is 22.9. The molecule has 1 heterocycles. The second-order valence-corrected chi connectivity index (χ2v) is 10.6. The monoisotopic (exact) mass is 552 g/mol. The van der Waals surface area contributed by atoms with Gasteiger partial charge in [0, 0.05) is 63.0 Å². The molecule has 0 radical (unpaired) electrons. The van der Waals surface area contributed by atoms with E-state index in [0.29, 0.717) is 50.3 Å². The summed E-state index contributed by atoms with van der Waals surface area (Å²) in [5.41, 5.74) is 2.36. The van der Waals surface area contributed by atoms with Gasteiger partial charge in [-0.25, -0.2) is 0 Å². The minimum atomic E-state index is -4.38. The Morgan fingerprint density at radius 3 is 2.42 bits per heavy atom. The van der Waals surface area contributed by atoms with Crippen LogP contribution in [0.15, 0.2) is 77.8 Å². The van der Waals surface area contributed by atoms with Crippen molar-refractivity contribution in [1.29, 1.82) is 0 Å². The molecule has 1 fully saturated rings. The van der Waals surface area contributed by atoms with Gasteiger partial charge in [0.15, 0.2) is 11.5 Å². The van der Waals surface area contributed by atoms with Crippen molar-refractivity contribution in [3.8, 4) is 11.5 Å². The Morgan fingerprint density at radius 2 is 1.73 bits per heavy atom. The molecule has 8 heteroatoms. The number of ether oxygens (including phenoxy) is 3. The van der Waals surface area contributed by atoms with Crippen molar-refractivity contribution in [2.75, 3.05) is 45.4 Å². The Labute approximate surface area is 233 Å². The Hall–Kier alpha value is -3.52. The number of methoxy groups -OCH3 is 2. The molecule has 3 aromatic rings. The molecule has 0 aromatic heterocycles. The van der Waals surface area contributed by atoms with Crippen molar-refractivity contribution in [3.05, 3.63) is 89.5 Å². The first-order valence-corrected chi connectivity index (χ1v) is 13.6. The molecule has 2 aliphatic rings. The van der Waals surface area contributed by atoms with Crippen LogP contribution in [0.5, 0.6) is 11.5 Å². The Balaban J connectivity index is 1.39. The van der Waals surface area contributed by atoms with Crippen LogP contribution < -0.4 is 14.4 Å². The summed E-state index contributed by atoms with van der Waals surface area (Å²) in [6.45, 7) is 2.96. The fourth-order valence-electron chi connectivity index (χ4n) is 5.78. The summed E-state index contributed by atoms with van der Waals surface area (Å²) in [7, 11) is 3.25. The van der Waals surface area contributed by atoms with Crippen molar-refractivity contribution < 1.29 is 27.4 Å². The van der Waals surface area contributed by atoms with E-state index in [2.05, 4.69) is 35.4 Å². The number of aliphatic imine (C=N–C) groups is 1. The minimum absolute atomic E-state index is 0.0129. The van der Waals surface area contributed by atoms with E-state index < -0.39 is 11.7 Å². The third-order valence-corrected chi connectivity index (χ3v) is 8.02. The summed E-state index contributed by atoms with van der Waals surface area (Å²) in [6.07, 6.45) is -0.476. The van der Waals surface area contributed by atoms with Gasteiger partial charge in [-0.2, -0.15) is 13.2 Å². The van der Waals surface area contributed by atoms with Gasteiger partial charge in [-0.15, -0.1) is 0 Å². The van der Waals surface area contributed by atoms with Crippen LogP contribution in [0.4, 0.5) is 18.9 Å². The number of alkyl halides is 3. The third-order valence-electron chi connectivity index (χ3n) is 8.02. The number of hydrogen-bond donors (Lipinski definition) is 0. The van der Waals surface area contributed by atoms with E-state index in [-0.39, 0.29) is 11.3 Å². The lowest BCUT2D eigenvalue weighted by Crippen LogP contribution is -2.34. The molecule has 40 heavy (non-hydrogen) atoms. The van der Waals surface area contributed by atoms with Gasteiger partial charge < -0.3 is 19.1 Å². The van der Waals surface area contributed by atoms with Crippen LogP contribution in [-0.4, -0.2) is 46.7 Å². The third kappa shape index (κ3) is 6.12. The van der Waals surface area contributed by atoms with E-state index in [9.17, 15) is 13.2 Å². The molecule has 5 nitrogen and oxygen atoms in total. The standard InChI is InChI=1S/C32H35F3N2O3/c1-38-15-6-16-40-30-17-23(9-14-29(30)39-2)20-37(27-12-10-25(11-13-27)32(33,34)35)21-26-19-36-22-31(26)18-28(31)24-7-4-3-5-8-24/h3-5,7-14,17,22,26,28H,6,15-16,18-21H2,1-2H3/t26-,28+,31?/m0/s1. The summed E-state index contributed by atoms with van der Waals surface area (Å²) in [5.74, 6) is 1.93. The van der Waals surface area contributed by atoms with Gasteiger partial charge in [0.2, 0.25) is 0 Å². The van der Waals surface area contributed by atoms with Crippen LogP contribution in [0.25, 0.3) is 0 Å². The van der Waals surface area contributed by atoms with E-state index >= 15 is 0 Å². The smallest absolute Gasteiger partial charge is 0.416 e. The lowest BCUT2D eigenvalue weighted by Gasteiger charge is -2.31. The number of halogens is 3. The highest BCUT2D eigenvalue weighted by Gasteiger charge is 2.60. The predicted molar refractivity (Wildman–Crippen MR) is 151 cm³/mol. The van der Waals surface area contributed by atoms with Gasteiger partial charge in [-0.3, -0.25) is 4.99 Å². The Kier molecular flexibility index (Phi) is 8.35. The summed E-state index contributed by atoms with van der Waals surface area (Å²) in [4.78, 5) is 6.86. The van der Waals surface area contributed by atoms with Crippen molar-refractivity contribution in [2.45, 2.75) is 31.5 Å². The van der Waals surface area contributed by atoms with Crippen molar-refractivity contribution in [3.63, 3.8) is 0 Å². The molecular formula is C32H35F3N2O3. The molecule has 1 aliphatic heterocycles. The number of nitrogens with zero attached hydrogens (tertiary/aromatic N) is 2. The average Bonchev–Trinajstić information content (AvgIpc) is 3.56. The first-order valence-electron chi connectivity index (χ1n) is 13.6. The summed E-state index contributed by atoms with van der Waals surface area (Å²) < 4.78 is 56.5. The molecule has 0 amide bonds. The molecule has 5 rings (SSSR count). The second kappa shape index (κ2) is 11.9. The van der Waals surface area contributed by atoms with Gasteiger partial charge in [0.05, 0.1) is 19.3 Å². The molecule has 1 aliphatic carbocycles. The highest BCUT2D eigenvalue weighted by atomic mass is 19.4. The number of rotatable bonds is 12. The van der Waals surface area contributed by atoms with Crippen LogP contribution in [0, 0.1) is 11.3 Å². The highest BCUT2D eigenvalue weighted by molar-refractivity contribution is 5.76. The number of anilines is 1. The van der Waals surface area contributed by atoms with Gasteiger partial charge in [-0.1, -0.05) is 36.4 Å². The lowest BCUT2D eigenvalue weighted by atomic mass is 9.87. The molecule has 0 bridgehead atoms. The van der Waals surface area contributed by atoms with E-state index in [1.165, 1.54) is 5.56 Å². The van der Waals surface area contributed by atoms with E-state index in [0.717, 1.165) is 36.2 Å². The van der Waals surface area contributed by atoms with Crippen molar-refractivity contribution >= 4 is 11.9 Å². The molecule has 1 spiro atoms. The summed E-state index contributed by atoms with van der Waals surface area (Å²) in [5, 5.41) is 0. The van der Waals surface area contributed by atoms with E-state index in [1.54, 1.807) is 26.4 Å². The zero-order valence-electron chi connectivity index (χ0n) is 22.9. The highest BCUT2D eigenvalue weighted by Crippen LogP contribution is 2.64. The average molecular weight is 553 g/mol. The van der Waals surface area contributed by atoms with Crippen LogP contribution in [0.1, 0.15) is 35.4 Å². The predicted octanol–water partition coefficient (Wildman–Crippen LogP) is 7.01. The minimum Gasteiger partial charge on any atom is -0.493 e. The fourth-order valence-corrected chi connectivity index (χ4v) is 5.78. The van der Waals surface area contributed by atoms with Gasteiger partial charge >= 0.3 is 6.18 Å². The van der Waals surface area contributed by atoms with Gasteiger partial charge in [0.1, 0.15) is 0 Å². The lowest BCUT2D eigenvalue weighted by molar-refractivity contribution is -0.137. The van der Waals surface area contributed by atoms with Crippen LogP contribution in [0.2, 0.25) is 0 Å². The van der Waals surface area contributed by atoms with Crippen LogP contribution in [0.3, 0.4) is 0 Å². The first-order chi connectivity index (χ1) is 19.3. The number of benzene rings is 3. The summed E-state index contributed by atoms with van der Waals surface area (Å²) in [6, 6.07) is 21.7. The summed E-state index contributed by atoms with van der Waals surface area (Å²) >= 11 is 0. The van der Waals surface area contributed by atoms with E-state index in [4.69, 9.17) is 19.2 Å². The quantitative estimate of drug-likeness (QED) is 0.227. The topological polar surface area (TPSA) is 43.3 Å². The Morgan fingerprint density at radius 1 is 0.950 bits per heavy atom. The zero-order chi connectivity index (χ0) is 28.2. The van der Waals surface area contributed by atoms with E-state index in [1.807, 2.05) is 24.3 Å². The van der Waals surface area contributed by atoms with Crippen LogP contribution >= 0.6 is 0 Å². The molecule has 1 saturated carbocycles. The SMILES string of the molecule is COCCCOc1cc(CN(C[C@@H]2CN=CC23C[C@@H]3c2ccccc2)c2ccc(C(F)(F)F)cc2)ccc1OC. The van der Waals surface area contributed by atoms with Crippen molar-refractivity contribution in [2.24, 2.45) is 16.3 Å². The maximum absolute atomic E-state index is 13.3. The van der Waals surface area contributed by atoms with Gasteiger partial charge in [0.25, 0.3) is 0 Å². The first kappa shape index (κ1) is 28.0. The number of hydrogen-bond acceptors (Lipinski definition) is 5. The Bertz CT molecular complexity index is 1300. The van der Waals surface area contributed by atoms with Crippen LogP contribution in [-0.2, 0) is 17.5 Å². The molecular weight excluding hydrogens is 517 g/mol. The fraction of sp³-hybridized carbons (Fsp3) is 0.406. The van der Waals surface area contributed by atoms with Crippen molar-refractivity contribution in [1.82, 2.24) is 0 Å². The normalized spacial score (nSPS) is 21.5. The molecule has 0 N–H and O–H groups in total. The van der Waals surface area contributed by atoms with Gasteiger partial charge in [-0.05, 0) is 59.9 Å². The molecule has 3 aromatic carbocycles. The molecule has 0 saturated heterocycles. The maximum Gasteiger partial charge on any atom is 0.416 e. The molecule has 3 atom stereocenters. The maximum atomic E-state index is 13.3.